The van der Waals surface area contributed by atoms with Crippen LogP contribution >= 0.6 is 11.3 Å². The van der Waals surface area contributed by atoms with Gasteiger partial charge in [-0.3, -0.25) is 9.10 Å². The number of ether oxygens (including phenoxy) is 1. The van der Waals surface area contributed by atoms with E-state index < -0.39 is 10.0 Å². The molecule has 28 heavy (non-hydrogen) atoms. The van der Waals surface area contributed by atoms with Gasteiger partial charge in [0.15, 0.2) is 0 Å². The second-order valence-corrected chi connectivity index (χ2v) is 10.1. The lowest BCUT2D eigenvalue weighted by Crippen LogP contribution is -2.41. The van der Waals surface area contributed by atoms with E-state index in [1.54, 1.807) is 0 Å². The molecular weight excluding hydrogens is 398 g/mol. The highest BCUT2D eigenvalue weighted by Crippen LogP contribution is 2.37. The van der Waals surface area contributed by atoms with Gasteiger partial charge in [-0.25, -0.2) is 13.4 Å². The Morgan fingerprint density at radius 3 is 2.79 bits per heavy atom. The maximum Gasteiger partial charge on any atom is 0.232 e. The van der Waals surface area contributed by atoms with Crippen molar-refractivity contribution in [2.75, 3.05) is 36.9 Å². The zero-order chi connectivity index (χ0) is 19.9. The molecule has 1 saturated heterocycles. The normalized spacial score (nSPS) is 19.7. The quantitative estimate of drug-likeness (QED) is 0.754. The SMILES string of the molecule is C[C@@H]1Cc2cc(-c3csc(CC(=O)N4CCOCC4)n3)ccc2N1S(C)(=O)=O. The Hall–Kier alpha value is -1.97. The third kappa shape index (κ3) is 3.78. The second-order valence-electron chi connectivity index (χ2n) is 7.25. The Morgan fingerprint density at radius 1 is 1.32 bits per heavy atom. The number of nitrogens with zero attached hydrogens (tertiary/aromatic N) is 3. The fraction of sp³-hybridized carbons (Fsp3) is 0.474. The molecular formula is C19H23N3O4S2. The maximum atomic E-state index is 12.4. The van der Waals surface area contributed by atoms with Crippen molar-refractivity contribution in [1.82, 2.24) is 9.88 Å². The van der Waals surface area contributed by atoms with E-state index in [1.807, 2.05) is 35.4 Å². The van der Waals surface area contributed by atoms with E-state index >= 15 is 0 Å². The third-order valence-corrected chi connectivity index (χ3v) is 7.22. The topological polar surface area (TPSA) is 79.8 Å². The van der Waals surface area contributed by atoms with Gasteiger partial charge in [-0.2, -0.15) is 0 Å². The van der Waals surface area contributed by atoms with Crippen LogP contribution in [0.5, 0.6) is 0 Å². The zero-order valence-corrected chi connectivity index (χ0v) is 17.6. The van der Waals surface area contributed by atoms with Gasteiger partial charge in [-0.05, 0) is 31.0 Å². The molecule has 1 atom stereocenters. The predicted molar refractivity (Wildman–Crippen MR) is 109 cm³/mol. The summed E-state index contributed by atoms with van der Waals surface area (Å²) in [6, 6.07) is 5.68. The smallest absolute Gasteiger partial charge is 0.232 e. The van der Waals surface area contributed by atoms with Crippen molar-refractivity contribution >= 4 is 33.0 Å². The Morgan fingerprint density at radius 2 is 2.07 bits per heavy atom. The molecule has 150 valence electrons. The van der Waals surface area contributed by atoms with Crippen LogP contribution in [-0.2, 0) is 32.4 Å². The minimum atomic E-state index is -3.29. The number of hydrogen-bond acceptors (Lipinski definition) is 6. The highest BCUT2D eigenvalue weighted by atomic mass is 32.2. The Kier molecular flexibility index (Phi) is 5.15. The largest absolute Gasteiger partial charge is 0.378 e. The van der Waals surface area contributed by atoms with Crippen molar-refractivity contribution in [2.24, 2.45) is 0 Å². The monoisotopic (exact) mass is 421 g/mol. The minimum Gasteiger partial charge on any atom is -0.378 e. The molecule has 0 spiro atoms. The van der Waals surface area contributed by atoms with Gasteiger partial charge in [0.2, 0.25) is 15.9 Å². The molecule has 9 heteroatoms. The second kappa shape index (κ2) is 7.46. The molecule has 0 bridgehead atoms. The van der Waals surface area contributed by atoms with Crippen molar-refractivity contribution in [3.05, 3.63) is 34.2 Å². The number of sulfonamides is 1. The summed E-state index contributed by atoms with van der Waals surface area (Å²) in [5, 5.41) is 2.74. The van der Waals surface area contributed by atoms with Gasteiger partial charge in [-0.1, -0.05) is 6.07 Å². The first kappa shape index (κ1) is 19.4. The van der Waals surface area contributed by atoms with Crippen molar-refractivity contribution in [3.63, 3.8) is 0 Å². The first-order valence-corrected chi connectivity index (χ1v) is 12.0. The average molecular weight is 422 g/mol. The highest BCUT2D eigenvalue weighted by Gasteiger charge is 2.32. The van der Waals surface area contributed by atoms with E-state index in [0.717, 1.165) is 27.5 Å². The summed E-state index contributed by atoms with van der Waals surface area (Å²) in [6.07, 6.45) is 2.22. The molecule has 0 saturated carbocycles. The van der Waals surface area contributed by atoms with E-state index in [-0.39, 0.29) is 11.9 Å². The van der Waals surface area contributed by atoms with Crippen LogP contribution in [0.2, 0.25) is 0 Å². The van der Waals surface area contributed by atoms with Gasteiger partial charge in [-0.15, -0.1) is 11.3 Å². The summed E-state index contributed by atoms with van der Waals surface area (Å²) in [5.74, 6) is 0.0794. The molecule has 1 fully saturated rings. The first-order valence-electron chi connectivity index (χ1n) is 9.25. The van der Waals surface area contributed by atoms with Crippen LogP contribution in [0.3, 0.4) is 0 Å². The van der Waals surface area contributed by atoms with E-state index in [9.17, 15) is 13.2 Å². The molecule has 0 unspecified atom stereocenters. The van der Waals surface area contributed by atoms with Crippen molar-refractivity contribution in [1.29, 1.82) is 0 Å². The summed E-state index contributed by atoms with van der Waals surface area (Å²) in [6.45, 7) is 4.37. The van der Waals surface area contributed by atoms with E-state index in [4.69, 9.17) is 4.74 Å². The Labute approximate surface area is 169 Å². The number of rotatable bonds is 4. The van der Waals surface area contributed by atoms with Gasteiger partial charge in [0.25, 0.3) is 0 Å². The van der Waals surface area contributed by atoms with E-state index in [2.05, 4.69) is 4.98 Å². The fourth-order valence-corrected chi connectivity index (χ4v) is 5.90. The van der Waals surface area contributed by atoms with Crippen LogP contribution in [0.15, 0.2) is 23.6 Å². The van der Waals surface area contributed by atoms with E-state index in [1.165, 1.54) is 21.9 Å². The number of thiazole rings is 1. The zero-order valence-electron chi connectivity index (χ0n) is 15.9. The summed E-state index contributed by atoms with van der Waals surface area (Å²) in [5.41, 5.74) is 3.52. The Balaban J connectivity index is 1.52. The average Bonchev–Trinajstić information content (AvgIpc) is 3.24. The number of morpholine rings is 1. The predicted octanol–water partition coefficient (Wildman–Crippen LogP) is 1.92. The van der Waals surface area contributed by atoms with Gasteiger partial charge in [0.05, 0.1) is 37.3 Å². The van der Waals surface area contributed by atoms with Crippen LogP contribution in [0.1, 0.15) is 17.5 Å². The molecule has 2 aromatic rings. The van der Waals surface area contributed by atoms with Gasteiger partial charge < -0.3 is 9.64 Å². The fourth-order valence-electron chi connectivity index (χ4n) is 3.85. The number of carbonyl (C=O) groups is 1. The number of hydrogen-bond donors (Lipinski definition) is 0. The summed E-state index contributed by atoms with van der Waals surface area (Å²) in [4.78, 5) is 18.9. The van der Waals surface area contributed by atoms with Gasteiger partial charge in [0.1, 0.15) is 5.01 Å². The molecule has 1 aromatic carbocycles. The molecule has 2 aliphatic heterocycles. The number of carbonyl (C=O) groups excluding carboxylic acids is 1. The standard InChI is InChI=1S/C19H23N3O4S2/c1-13-9-15-10-14(3-4-17(15)22(13)28(2,24)25)16-12-27-18(20-16)11-19(23)21-5-7-26-8-6-21/h3-4,10,12-13H,5-9,11H2,1-2H3/t13-/m1/s1. The van der Waals surface area contributed by atoms with Crippen LogP contribution < -0.4 is 4.31 Å². The highest BCUT2D eigenvalue weighted by molar-refractivity contribution is 7.92. The van der Waals surface area contributed by atoms with Crippen LogP contribution in [0, 0.1) is 0 Å². The summed E-state index contributed by atoms with van der Waals surface area (Å²) >= 11 is 1.48. The van der Waals surface area contributed by atoms with Crippen molar-refractivity contribution < 1.29 is 17.9 Å². The molecule has 4 rings (SSSR count). The van der Waals surface area contributed by atoms with Gasteiger partial charge in [0, 0.05) is 30.1 Å². The van der Waals surface area contributed by atoms with Gasteiger partial charge >= 0.3 is 0 Å². The number of fused-ring (bicyclic) bond motifs is 1. The lowest BCUT2D eigenvalue weighted by Gasteiger charge is -2.26. The molecule has 7 nitrogen and oxygen atoms in total. The number of amides is 1. The summed E-state index contributed by atoms with van der Waals surface area (Å²) in [7, 11) is -3.29. The van der Waals surface area contributed by atoms with Crippen LogP contribution in [-0.4, -0.2) is 62.8 Å². The summed E-state index contributed by atoms with van der Waals surface area (Å²) < 4.78 is 30.9. The molecule has 3 heterocycles. The third-order valence-electron chi connectivity index (χ3n) is 5.10. The van der Waals surface area contributed by atoms with Crippen LogP contribution in [0.25, 0.3) is 11.3 Å². The number of benzene rings is 1. The first-order chi connectivity index (χ1) is 13.3. The minimum absolute atomic E-state index is 0.0794. The lowest BCUT2D eigenvalue weighted by atomic mass is 10.1. The molecule has 2 aliphatic rings. The van der Waals surface area contributed by atoms with E-state index in [0.29, 0.717) is 39.1 Å². The maximum absolute atomic E-state index is 12.4. The van der Waals surface area contributed by atoms with Crippen LogP contribution in [0.4, 0.5) is 5.69 Å². The lowest BCUT2D eigenvalue weighted by molar-refractivity contribution is -0.134. The number of aromatic nitrogens is 1. The number of anilines is 1. The molecule has 0 N–H and O–H groups in total. The molecule has 1 amide bonds. The Bertz CT molecular complexity index is 996. The van der Waals surface area contributed by atoms with Crippen molar-refractivity contribution in [2.45, 2.75) is 25.8 Å². The molecule has 0 aliphatic carbocycles. The molecule has 1 aromatic heterocycles. The van der Waals surface area contributed by atoms with Crippen molar-refractivity contribution in [3.8, 4) is 11.3 Å². The molecule has 0 radical (unpaired) electrons.